The number of hydrogen-bond donors (Lipinski definition) is 0. The van der Waals surface area contributed by atoms with Crippen LogP contribution in [0, 0.1) is 20.8 Å². The first-order valence-corrected chi connectivity index (χ1v) is 9.03. The lowest BCUT2D eigenvalue weighted by Gasteiger charge is -2.24. The molecule has 130 valence electrons. The zero-order chi connectivity index (χ0) is 18.1. The highest BCUT2D eigenvalue weighted by Gasteiger charge is 2.29. The zero-order valence-electron chi connectivity index (χ0n) is 15.5. The number of aryl methyl sites for hydroxylation is 3. The molecule has 2 heterocycles. The summed E-state index contributed by atoms with van der Waals surface area (Å²) >= 11 is 0. The predicted molar refractivity (Wildman–Crippen MR) is 108 cm³/mol. The molecule has 4 rings (SSSR count). The molecule has 0 N–H and O–H groups in total. The van der Waals surface area contributed by atoms with Crippen LogP contribution in [-0.4, -0.2) is 10.7 Å². The van der Waals surface area contributed by atoms with Gasteiger partial charge < -0.3 is 0 Å². The second-order valence-electron chi connectivity index (χ2n) is 7.05. The summed E-state index contributed by atoms with van der Waals surface area (Å²) in [6.07, 6.45) is 2.81. The Kier molecular flexibility index (Phi) is 4.29. The maximum Gasteiger partial charge on any atom is 0.0831 e. The van der Waals surface area contributed by atoms with E-state index < -0.39 is 0 Å². The highest BCUT2D eigenvalue weighted by Crippen LogP contribution is 2.36. The van der Waals surface area contributed by atoms with Crippen LogP contribution in [0.15, 0.2) is 72.0 Å². The largest absolute Gasteiger partial charge is 0.261 e. The van der Waals surface area contributed by atoms with Crippen molar-refractivity contribution in [3.63, 3.8) is 0 Å². The van der Waals surface area contributed by atoms with E-state index in [1.165, 1.54) is 16.7 Å². The van der Waals surface area contributed by atoms with Crippen molar-refractivity contribution in [3.05, 3.63) is 94.8 Å². The third kappa shape index (κ3) is 3.25. The fourth-order valence-corrected chi connectivity index (χ4v) is 3.31. The monoisotopic (exact) mass is 341 g/mol. The van der Waals surface area contributed by atoms with E-state index in [1.807, 2.05) is 19.2 Å². The molecule has 0 aliphatic carbocycles. The van der Waals surface area contributed by atoms with Gasteiger partial charge in [-0.3, -0.25) is 9.99 Å². The normalized spacial score (nSPS) is 16.7. The lowest BCUT2D eigenvalue weighted by Crippen LogP contribution is -2.18. The SMILES string of the molecule is Cc1ccc(C2CC(c3ccc(C)nc3)=NN2c2ccc(C)cc2)cc1. The first-order valence-electron chi connectivity index (χ1n) is 9.03. The van der Waals surface area contributed by atoms with E-state index in [2.05, 4.69) is 78.4 Å². The van der Waals surface area contributed by atoms with Crippen molar-refractivity contribution in [1.29, 1.82) is 0 Å². The van der Waals surface area contributed by atoms with Crippen LogP contribution in [0.3, 0.4) is 0 Å². The number of rotatable bonds is 3. The Balaban J connectivity index is 1.74. The summed E-state index contributed by atoms with van der Waals surface area (Å²) in [7, 11) is 0. The van der Waals surface area contributed by atoms with Gasteiger partial charge in [0.2, 0.25) is 0 Å². The maximum absolute atomic E-state index is 4.98. The number of pyridine rings is 1. The molecule has 0 saturated carbocycles. The molecule has 1 aliphatic rings. The van der Waals surface area contributed by atoms with E-state index in [0.717, 1.165) is 29.1 Å². The molecule has 1 aliphatic heterocycles. The van der Waals surface area contributed by atoms with Gasteiger partial charge in [-0.05, 0) is 50.6 Å². The van der Waals surface area contributed by atoms with Gasteiger partial charge in [-0.2, -0.15) is 5.10 Å². The summed E-state index contributed by atoms with van der Waals surface area (Å²) in [5.74, 6) is 0. The molecule has 0 bridgehead atoms. The lowest BCUT2D eigenvalue weighted by molar-refractivity contribution is 0.708. The fraction of sp³-hybridized carbons (Fsp3) is 0.217. The molecule has 0 amide bonds. The smallest absolute Gasteiger partial charge is 0.0831 e. The van der Waals surface area contributed by atoms with Gasteiger partial charge in [0.05, 0.1) is 17.4 Å². The van der Waals surface area contributed by atoms with Crippen LogP contribution in [0.1, 0.15) is 40.4 Å². The van der Waals surface area contributed by atoms with Gasteiger partial charge >= 0.3 is 0 Å². The summed E-state index contributed by atoms with van der Waals surface area (Å²) < 4.78 is 0. The Morgan fingerprint density at radius 3 is 2.08 bits per heavy atom. The van der Waals surface area contributed by atoms with Crippen molar-refractivity contribution < 1.29 is 0 Å². The van der Waals surface area contributed by atoms with Crippen LogP contribution in [-0.2, 0) is 0 Å². The summed E-state index contributed by atoms with van der Waals surface area (Å²) in [6, 6.07) is 21.7. The average molecular weight is 341 g/mol. The molecule has 2 aromatic carbocycles. The summed E-state index contributed by atoms with van der Waals surface area (Å²) in [4.78, 5) is 4.44. The van der Waals surface area contributed by atoms with E-state index in [0.29, 0.717) is 0 Å². The molecule has 0 fully saturated rings. The number of hydrazone groups is 1. The van der Waals surface area contributed by atoms with E-state index >= 15 is 0 Å². The second-order valence-corrected chi connectivity index (χ2v) is 7.05. The molecular formula is C23H23N3. The van der Waals surface area contributed by atoms with Crippen LogP contribution in [0.25, 0.3) is 0 Å². The first-order chi connectivity index (χ1) is 12.6. The highest BCUT2D eigenvalue weighted by atomic mass is 15.5. The van der Waals surface area contributed by atoms with Crippen molar-refractivity contribution in [1.82, 2.24) is 4.98 Å². The molecular weight excluding hydrogens is 318 g/mol. The second kappa shape index (κ2) is 6.75. The van der Waals surface area contributed by atoms with Gasteiger partial charge in [0, 0.05) is 23.9 Å². The topological polar surface area (TPSA) is 28.5 Å². The Morgan fingerprint density at radius 1 is 0.808 bits per heavy atom. The molecule has 1 unspecified atom stereocenters. The summed E-state index contributed by atoms with van der Waals surface area (Å²) in [6.45, 7) is 6.24. The Bertz CT molecular complexity index is 923. The van der Waals surface area contributed by atoms with E-state index in [1.54, 1.807) is 0 Å². The molecule has 0 spiro atoms. The summed E-state index contributed by atoms with van der Waals surface area (Å²) in [5, 5.41) is 7.13. The van der Waals surface area contributed by atoms with E-state index in [9.17, 15) is 0 Å². The minimum absolute atomic E-state index is 0.203. The lowest BCUT2D eigenvalue weighted by atomic mass is 9.98. The van der Waals surface area contributed by atoms with Gasteiger partial charge in [-0.1, -0.05) is 47.5 Å². The molecule has 3 heteroatoms. The molecule has 3 nitrogen and oxygen atoms in total. The van der Waals surface area contributed by atoms with Crippen molar-refractivity contribution in [2.45, 2.75) is 33.2 Å². The first kappa shape index (κ1) is 16.5. The van der Waals surface area contributed by atoms with Gasteiger partial charge in [0.25, 0.3) is 0 Å². The molecule has 0 radical (unpaired) electrons. The number of hydrogen-bond acceptors (Lipinski definition) is 3. The van der Waals surface area contributed by atoms with Crippen LogP contribution in [0.2, 0.25) is 0 Å². The summed E-state index contributed by atoms with van der Waals surface area (Å²) in [5.41, 5.74) is 8.15. The fourth-order valence-electron chi connectivity index (χ4n) is 3.31. The minimum Gasteiger partial charge on any atom is -0.261 e. The van der Waals surface area contributed by atoms with Gasteiger partial charge in [-0.15, -0.1) is 0 Å². The van der Waals surface area contributed by atoms with Crippen LogP contribution in [0.4, 0.5) is 5.69 Å². The number of benzene rings is 2. The minimum atomic E-state index is 0.203. The van der Waals surface area contributed by atoms with E-state index in [4.69, 9.17) is 5.10 Å². The van der Waals surface area contributed by atoms with Crippen LogP contribution in [0.5, 0.6) is 0 Å². The average Bonchev–Trinajstić information content (AvgIpc) is 3.09. The van der Waals surface area contributed by atoms with Crippen molar-refractivity contribution >= 4 is 11.4 Å². The highest BCUT2D eigenvalue weighted by molar-refractivity contribution is 6.03. The van der Waals surface area contributed by atoms with E-state index in [-0.39, 0.29) is 6.04 Å². The van der Waals surface area contributed by atoms with Gasteiger partial charge in [-0.25, -0.2) is 0 Å². The predicted octanol–water partition coefficient (Wildman–Crippen LogP) is 5.36. The molecule has 3 aromatic rings. The molecule has 1 aromatic heterocycles. The van der Waals surface area contributed by atoms with Gasteiger partial charge in [0.1, 0.15) is 0 Å². The number of anilines is 1. The van der Waals surface area contributed by atoms with Crippen molar-refractivity contribution in [2.24, 2.45) is 5.10 Å². The van der Waals surface area contributed by atoms with Crippen molar-refractivity contribution in [2.75, 3.05) is 5.01 Å². The Labute approximate surface area is 155 Å². The Morgan fingerprint density at radius 2 is 1.46 bits per heavy atom. The Hall–Kier alpha value is -2.94. The zero-order valence-corrected chi connectivity index (χ0v) is 15.5. The quantitative estimate of drug-likeness (QED) is 0.641. The van der Waals surface area contributed by atoms with Crippen molar-refractivity contribution in [3.8, 4) is 0 Å². The van der Waals surface area contributed by atoms with Gasteiger partial charge in [0.15, 0.2) is 0 Å². The third-order valence-electron chi connectivity index (χ3n) is 4.92. The molecule has 26 heavy (non-hydrogen) atoms. The molecule has 0 saturated heterocycles. The number of aromatic nitrogens is 1. The van der Waals surface area contributed by atoms with Crippen LogP contribution < -0.4 is 5.01 Å². The standard InChI is InChI=1S/C23H23N3/c1-16-4-9-19(10-5-16)23-14-22(20-11-8-18(3)24-15-20)25-26(23)21-12-6-17(2)7-13-21/h4-13,15,23H,14H2,1-3H3. The molecule has 1 atom stereocenters. The number of nitrogens with zero attached hydrogens (tertiary/aromatic N) is 3. The third-order valence-corrected chi connectivity index (χ3v) is 4.92. The van der Waals surface area contributed by atoms with Crippen LogP contribution >= 0.6 is 0 Å². The maximum atomic E-state index is 4.98.